The Hall–Kier alpha value is -3.40. The Kier molecular flexibility index (Phi) is 6.69. The maximum atomic E-state index is 13.5. The second-order valence-corrected chi connectivity index (χ2v) is 8.67. The van der Waals surface area contributed by atoms with Crippen LogP contribution < -0.4 is 0 Å². The standard InChI is InChI=1S/C28H29NO3/c1-20(2)24(21-12-6-3-7-13-21)18-26(30)29-25(19-32-28(29)31)27(22-14-8-4-9-15-22)23-16-10-5-11-17-23/h3-17,20,24-25,27H,18-19H2,1-2H3/t24-,25+/m1/s1. The Bertz CT molecular complexity index is 995. The molecular formula is C28H29NO3. The molecule has 2 amide bonds. The zero-order chi connectivity index (χ0) is 22.5. The number of amides is 2. The van der Waals surface area contributed by atoms with Gasteiger partial charge < -0.3 is 4.74 Å². The van der Waals surface area contributed by atoms with E-state index < -0.39 is 6.09 Å². The summed E-state index contributed by atoms with van der Waals surface area (Å²) in [6.07, 6.45) is -0.281. The number of imide groups is 1. The van der Waals surface area contributed by atoms with E-state index in [1.165, 1.54) is 4.90 Å². The molecule has 0 N–H and O–H groups in total. The zero-order valence-corrected chi connectivity index (χ0v) is 18.6. The Morgan fingerprint density at radius 3 is 1.78 bits per heavy atom. The summed E-state index contributed by atoms with van der Waals surface area (Å²) in [6, 6.07) is 29.7. The highest BCUT2D eigenvalue weighted by molar-refractivity contribution is 5.94. The molecule has 0 saturated carbocycles. The molecule has 0 aromatic heterocycles. The molecule has 1 heterocycles. The summed E-state index contributed by atoms with van der Waals surface area (Å²) in [7, 11) is 0. The van der Waals surface area contributed by atoms with Gasteiger partial charge in [0, 0.05) is 12.3 Å². The number of ether oxygens (including phenoxy) is 1. The molecule has 1 aliphatic heterocycles. The van der Waals surface area contributed by atoms with Crippen LogP contribution in [0.1, 0.15) is 48.8 Å². The van der Waals surface area contributed by atoms with Gasteiger partial charge in [0.1, 0.15) is 6.61 Å². The van der Waals surface area contributed by atoms with Gasteiger partial charge in [0.15, 0.2) is 0 Å². The third kappa shape index (κ3) is 4.59. The molecule has 4 nitrogen and oxygen atoms in total. The highest BCUT2D eigenvalue weighted by Gasteiger charge is 2.44. The second kappa shape index (κ2) is 9.82. The predicted molar refractivity (Wildman–Crippen MR) is 125 cm³/mol. The SMILES string of the molecule is CC(C)[C@@H](CC(=O)N1C(=O)OC[C@H]1C(c1ccccc1)c1ccccc1)c1ccccc1. The normalized spacial score (nSPS) is 16.9. The lowest BCUT2D eigenvalue weighted by atomic mass is 9.83. The number of cyclic esters (lactones) is 1. The van der Waals surface area contributed by atoms with E-state index in [2.05, 4.69) is 26.0 Å². The summed E-state index contributed by atoms with van der Waals surface area (Å²) in [6.45, 7) is 4.42. The van der Waals surface area contributed by atoms with E-state index in [1.807, 2.05) is 78.9 Å². The summed E-state index contributed by atoms with van der Waals surface area (Å²) >= 11 is 0. The minimum absolute atomic E-state index is 0.0321. The second-order valence-electron chi connectivity index (χ2n) is 8.67. The molecule has 0 bridgehead atoms. The van der Waals surface area contributed by atoms with Crippen LogP contribution in [0, 0.1) is 5.92 Å². The van der Waals surface area contributed by atoms with Crippen molar-refractivity contribution in [3.8, 4) is 0 Å². The summed E-state index contributed by atoms with van der Waals surface area (Å²) in [4.78, 5) is 27.7. The van der Waals surface area contributed by atoms with Crippen LogP contribution in [0.15, 0.2) is 91.0 Å². The fraction of sp³-hybridized carbons (Fsp3) is 0.286. The van der Waals surface area contributed by atoms with Crippen molar-refractivity contribution < 1.29 is 14.3 Å². The van der Waals surface area contributed by atoms with Crippen LogP contribution in [0.3, 0.4) is 0 Å². The number of nitrogens with zero attached hydrogens (tertiary/aromatic N) is 1. The Morgan fingerprint density at radius 2 is 1.31 bits per heavy atom. The van der Waals surface area contributed by atoms with Crippen LogP contribution in [0.2, 0.25) is 0 Å². The third-order valence-corrected chi connectivity index (χ3v) is 6.30. The molecule has 3 aromatic rings. The van der Waals surface area contributed by atoms with E-state index in [0.717, 1.165) is 16.7 Å². The van der Waals surface area contributed by atoms with Crippen LogP contribution in [0.5, 0.6) is 0 Å². The molecule has 0 aliphatic carbocycles. The van der Waals surface area contributed by atoms with E-state index in [1.54, 1.807) is 0 Å². The van der Waals surface area contributed by atoms with Crippen molar-refractivity contribution >= 4 is 12.0 Å². The molecule has 4 heteroatoms. The van der Waals surface area contributed by atoms with Crippen molar-refractivity contribution in [1.82, 2.24) is 4.90 Å². The van der Waals surface area contributed by atoms with Crippen molar-refractivity contribution in [2.45, 2.75) is 38.1 Å². The Morgan fingerprint density at radius 1 is 0.844 bits per heavy atom. The monoisotopic (exact) mass is 427 g/mol. The van der Waals surface area contributed by atoms with Crippen molar-refractivity contribution in [1.29, 1.82) is 0 Å². The molecular weight excluding hydrogens is 398 g/mol. The van der Waals surface area contributed by atoms with Crippen molar-refractivity contribution in [3.05, 3.63) is 108 Å². The van der Waals surface area contributed by atoms with Gasteiger partial charge in [-0.2, -0.15) is 0 Å². The highest BCUT2D eigenvalue weighted by atomic mass is 16.6. The number of hydrogen-bond acceptors (Lipinski definition) is 3. The average molecular weight is 428 g/mol. The van der Waals surface area contributed by atoms with Gasteiger partial charge in [0.2, 0.25) is 5.91 Å². The molecule has 1 fully saturated rings. The van der Waals surface area contributed by atoms with Crippen LogP contribution in [0.25, 0.3) is 0 Å². The molecule has 2 atom stereocenters. The molecule has 4 rings (SSSR count). The largest absolute Gasteiger partial charge is 0.447 e. The molecule has 3 aromatic carbocycles. The summed E-state index contributed by atoms with van der Waals surface area (Å²) < 4.78 is 5.44. The number of rotatable bonds is 7. The van der Waals surface area contributed by atoms with Crippen molar-refractivity contribution in [3.63, 3.8) is 0 Å². The molecule has 0 radical (unpaired) electrons. The van der Waals surface area contributed by atoms with Gasteiger partial charge in [-0.3, -0.25) is 4.79 Å². The Balaban J connectivity index is 1.66. The average Bonchev–Trinajstić information content (AvgIpc) is 3.20. The van der Waals surface area contributed by atoms with Crippen molar-refractivity contribution in [2.75, 3.05) is 6.61 Å². The highest BCUT2D eigenvalue weighted by Crippen LogP contribution is 2.36. The van der Waals surface area contributed by atoms with Crippen LogP contribution >= 0.6 is 0 Å². The third-order valence-electron chi connectivity index (χ3n) is 6.30. The van der Waals surface area contributed by atoms with Crippen molar-refractivity contribution in [2.24, 2.45) is 5.92 Å². The lowest BCUT2D eigenvalue weighted by Crippen LogP contribution is -2.43. The van der Waals surface area contributed by atoms with Gasteiger partial charge in [0.25, 0.3) is 0 Å². The van der Waals surface area contributed by atoms with Gasteiger partial charge in [-0.05, 0) is 28.5 Å². The van der Waals surface area contributed by atoms with Gasteiger partial charge in [-0.1, -0.05) is 105 Å². The lowest BCUT2D eigenvalue weighted by Gasteiger charge is -2.30. The molecule has 32 heavy (non-hydrogen) atoms. The van der Waals surface area contributed by atoms with Gasteiger partial charge in [0.05, 0.1) is 6.04 Å². The number of benzene rings is 3. The number of carbonyl (C=O) groups excluding carboxylic acids is 2. The van der Waals surface area contributed by atoms with Gasteiger partial charge in [-0.15, -0.1) is 0 Å². The summed E-state index contributed by atoms with van der Waals surface area (Å²) in [5.74, 6) is -0.0407. The first kappa shape index (κ1) is 21.8. The molecule has 1 saturated heterocycles. The predicted octanol–water partition coefficient (Wildman–Crippen LogP) is 6.00. The van der Waals surface area contributed by atoms with Gasteiger partial charge in [-0.25, -0.2) is 9.69 Å². The van der Waals surface area contributed by atoms with E-state index in [0.29, 0.717) is 0 Å². The zero-order valence-electron chi connectivity index (χ0n) is 18.6. The topological polar surface area (TPSA) is 46.6 Å². The first-order valence-electron chi connectivity index (χ1n) is 11.2. The minimum atomic E-state index is -0.549. The maximum absolute atomic E-state index is 13.5. The van der Waals surface area contributed by atoms with Crippen LogP contribution in [-0.4, -0.2) is 29.5 Å². The van der Waals surface area contributed by atoms with E-state index in [9.17, 15) is 9.59 Å². The Labute approximate surface area is 189 Å². The molecule has 0 unspecified atom stereocenters. The van der Waals surface area contributed by atoms with Gasteiger partial charge >= 0.3 is 6.09 Å². The first-order valence-corrected chi connectivity index (χ1v) is 11.2. The molecule has 0 spiro atoms. The lowest BCUT2D eigenvalue weighted by molar-refractivity contribution is -0.130. The van der Waals surface area contributed by atoms with E-state index >= 15 is 0 Å². The minimum Gasteiger partial charge on any atom is -0.447 e. The molecule has 164 valence electrons. The molecule has 1 aliphatic rings. The van der Waals surface area contributed by atoms with E-state index in [-0.39, 0.29) is 42.7 Å². The van der Waals surface area contributed by atoms with Crippen LogP contribution in [0.4, 0.5) is 4.79 Å². The summed E-state index contributed by atoms with van der Waals surface area (Å²) in [5, 5.41) is 0. The summed E-state index contributed by atoms with van der Waals surface area (Å²) in [5.41, 5.74) is 3.23. The quantitative estimate of drug-likeness (QED) is 0.465. The fourth-order valence-corrected chi connectivity index (χ4v) is 4.65. The smallest absolute Gasteiger partial charge is 0.417 e. The first-order chi connectivity index (χ1) is 15.6. The maximum Gasteiger partial charge on any atom is 0.417 e. The number of carbonyl (C=O) groups is 2. The fourth-order valence-electron chi connectivity index (χ4n) is 4.65. The number of hydrogen-bond donors (Lipinski definition) is 0. The van der Waals surface area contributed by atoms with Crippen LogP contribution in [-0.2, 0) is 9.53 Å². The van der Waals surface area contributed by atoms with E-state index in [4.69, 9.17) is 4.74 Å².